The van der Waals surface area contributed by atoms with E-state index in [4.69, 9.17) is 15.2 Å². The van der Waals surface area contributed by atoms with Gasteiger partial charge in [-0.05, 0) is 65.3 Å². The van der Waals surface area contributed by atoms with Crippen LogP contribution in [0.1, 0.15) is 43.2 Å². The Morgan fingerprint density at radius 1 is 1.02 bits per heavy atom. The zero-order valence-electron chi connectivity index (χ0n) is 22.9. The molecule has 2 fully saturated rings. The molecule has 3 aromatic carbocycles. The number of fused-ring (bicyclic) bond motifs is 2. The average Bonchev–Trinajstić information content (AvgIpc) is 2.99. The molecule has 0 spiro atoms. The number of carbonyl (C=O) groups excluding carboxylic acids is 2. The third-order valence-corrected chi connectivity index (χ3v) is 10.6. The van der Waals surface area contributed by atoms with Crippen LogP contribution in [0.4, 0.5) is 4.79 Å². The van der Waals surface area contributed by atoms with Crippen LogP contribution in [0.25, 0.3) is 10.8 Å². The Hall–Kier alpha value is -3.94. The molecule has 3 aromatic rings. The minimum Gasteiger partial charge on any atom is -0.438 e. The number of benzene rings is 3. The lowest BCUT2D eigenvalue weighted by atomic mass is 9.74. The molecule has 3 unspecified atom stereocenters. The van der Waals surface area contributed by atoms with Gasteiger partial charge in [0.25, 0.3) is 5.91 Å². The molecular weight excluding hydrogens is 542 g/mol. The maximum Gasteiger partial charge on any atom is 0.509 e. The van der Waals surface area contributed by atoms with Gasteiger partial charge in [-0.15, -0.1) is 0 Å². The van der Waals surface area contributed by atoms with Gasteiger partial charge < -0.3 is 20.1 Å². The van der Waals surface area contributed by atoms with Crippen molar-refractivity contribution >= 4 is 32.7 Å². The Balaban J connectivity index is 1.61. The first-order chi connectivity index (χ1) is 19.7. The molecule has 1 aliphatic carbocycles. The first-order valence-electron chi connectivity index (χ1n) is 13.7. The summed E-state index contributed by atoms with van der Waals surface area (Å²) in [6.45, 7) is 0.218. The minimum atomic E-state index is -4.51. The van der Waals surface area contributed by atoms with Crippen molar-refractivity contribution in [2.75, 3.05) is 13.7 Å². The quantitative estimate of drug-likeness (QED) is 0.423. The minimum absolute atomic E-state index is 0.0959. The number of amides is 1. The number of rotatable bonds is 6. The fourth-order valence-corrected chi connectivity index (χ4v) is 7.86. The molecule has 4 atom stereocenters. The monoisotopic (exact) mass is 575 g/mol. The molecule has 0 radical (unpaired) electrons. The lowest BCUT2D eigenvalue weighted by molar-refractivity contribution is -0.156. The maximum atomic E-state index is 14.5. The van der Waals surface area contributed by atoms with Crippen LogP contribution in [-0.2, 0) is 30.5 Å². The predicted molar refractivity (Wildman–Crippen MR) is 152 cm³/mol. The fraction of sp³-hybridized carbons (Fsp3) is 0.387. The van der Waals surface area contributed by atoms with Crippen LogP contribution in [0, 0.1) is 23.2 Å². The Labute approximate surface area is 239 Å². The van der Waals surface area contributed by atoms with Gasteiger partial charge in [0.15, 0.2) is 6.23 Å². The third-order valence-electron chi connectivity index (χ3n) is 8.41. The molecular formula is C31H33N3O6S. The molecule has 10 heteroatoms. The summed E-state index contributed by atoms with van der Waals surface area (Å²) in [5.41, 5.74) is 7.54. The van der Waals surface area contributed by atoms with Gasteiger partial charge in [0.2, 0.25) is 14.7 Å². The van der Waals surface area contributed by atoms with E-state index in [-0.39, 0.29) is 29.7 Å². The van der Waals surface area contributed by atoms with Gasteiger partial charge in [-0.3, -0.25) is 4.79 Å². The lowest BCUT2D eigenvalue weighted by Gasteiger charge is -2.47. The van der Waals surface area contributed by atoms with Gasteiger partial charge in [0.1, 0.15) is 0 Å². The van der Waals surface area contributed by atoms with Crippen LogP contribution in [0.15, 0.2) is 71.6 Å². The van der Waals surface area contributed by atoms with Gasteiger partial charge in [-0.1, -0.05) is 55.3 Å². The van der Waals surface area contributed by atoms with Gasteiger partial charge in [-0.25, -0.2) is 13.2 Å². The highest BCUT2D eigenvalue weighted by molar-refractivity contribution is 7.93. The molecule has 1 saturated heterocycles. The normalized spacial score (nSPS) is 22.2. The summed E-state index contributed by atoms with van der Waals surface area (Å²) in [6.07, 6.45) is 1.91. The zero-order chi connectivity index (χ0) is 29.2. The lowest BCUT2D eigenvalue weighted by Crippen LogP contribution is -2.65. The van der Waals surface area contributed by atoms with E-state index in [9.17, 15) is 23.3 Å². The Kier molecular flexibility index (Phi) is 8.02. The van der Waals surface area contributed by atoms with Crippen molar-refractivity contribution in [3.8, 4) is 6.07 Å². The van der Waals surface area contributed by atoms with E-state index in [1.165, 1.54) is 30.2 Å². The number of ether oxygens (including phenoxy) is 2. The molecule has 5 rings (SSSR count). The number of nitriles is 1. The number of nitrogens with zero attached hydrogens (tertiary/aromatic N) is 2. The predicted octanol–water partition coefficient (Wildman–Crippen LogP) is 4.53. The van der Waals surface area contributed by atoms with Crippen molar-refractivity contribution in [2.24, 2.45) is 17.6 Å². The molecule has 2 aliphatic rings. The molecule has 1 saturated carbocycles. The zero-order valence-corrected chi connectivity index (χ0v) is 23.7. The highest BCUT2D eigenvalue weighted by Gasteiger charge is 2.54. The average molecular weight is 576 g/mol. The SMILES string of the molecule is COC(=O)OC1CC2CCCCC2CN1C(=O)[C@@](N)(Cc1cccc(C#N)c1)S(=O)(=O)c1ccc2ccccc2c1. The summed E-state index contributed by atoms with van der Waals surface area (Å²) in [4.78, 5) is 25.5. The number of nitrogens with two attached hydrogens (primary N) is 1. The van der Waals surface area contributed by atoms with Gasteiger partial charge >= 0.3 is 6.16 Å². The molecule has 0 aromatic heterocycles. The van der Waals surface area contributed by atoms with Crippen LogP contribution in [-0.4, -0.2) is 50.1 Å². The first-order valence-corrected chi connectivity index (χ1v) is 15.2. The second-order valence-corrected chi connectivity index (χ2v) is 13.1. The van der Waals surface area contributed by atoms with Gasteiger partial charge in [0, 0.05) is 19.4 Å². The van der Waals surface area contributed by atoms with E-state index in [1.54, 1.807) is 36.4 Å². The van der Waals surface area contributed by atoms with Crippen molar-refractivity contribution in [2.45, 2.75) is 54.5 Å². The smallest absolute Gasteiger partial charge is 0.438 e. The highest BCUT2D eigenvalue weighted by Crippen LogP contribution is 2.41. The Morgan fingerprint density at radius 2 is 1.76 bits per heavy atom. The second-order valence-electron chi connectivity index (χ2n) is 10.9. The molecule has 0 bridgehead atoms. The Morgan fingerprint density at radius 3 is 2.49 bits per heavy atom. The van der Waals surface area contributed by atoms with Crippen LogP contribution in [0.3, 0.4) is 0 Å². The van der Waals surface area contributed by atoms with Crippen LogP contribution in [0.5, 0.6) is 0 Å². The van der Waals surface area contributed by atoms with Crippen molar-refractivity contribution in [3.63, 3.8) is 0 Å². The van der Waals surface area contributed by atoms with Crippen LogP contribution < -0.4 is 5.73 Å². The molecule has 1 aliphatic heterocycles. The number of methoxy groups -OCH3 is 1. The van der Waals surface area contributed by atoms with E-state index in [2.05, 4.69) is 0 Å². The third kappa shape index (κ3) is 5.52. The topological polar surface area (TPSA) is 140 Å². The molecule has 41 heavy (non-hydrogen) atoms. The largest absolute Gasteiger partial charge is 0.509 e. The summed E-state index contributed by atoms with van der Waals surface area (Å²) in [5, 5.41) is 11.0. The summed E-state index contributed by atoms with van der Waals surface area (Å²) in [6, 6.07) is 20.4. The second kappa shape index (κ2) is 11.5. The summed E-state index contributed by atoms with van der Waals surface area (Å²) in [5.74, 6) is -0.482. The molecule has 1 heterocycles. The maximum absolute atomic E-state index is 14.5. The number of sulfone groups is 1. The standard InChI is InChI=1S/C31H33N3O6S/c1-39-30(36)40-28-17-25-11-4-5-12-26(25)20-34(28)29(35)31(33,18-21-7-6-8-22(15-21)19-32)41(37,38)27-14-13-23-9-2-3-10-24(23)16-27/h2-3,6-10,13-16,25-26,28H,4-5,11-12,17-18,20,33H2,1H3/t25?,26?,28?,31-/m1/s1. The number of hydrogen-bond acceptors (Lipinski definition) is 8. The van der Waals surface area contributed by atoms with Crippen molar-refractivity contribution in [1.82, 2.24) is 4.90 Å². The van der Waals surface area contributed by atoms with E-state index >= 15 is 0 Å². The van der Waals surface area contributed by atoms with E-state index in [0.717, 1.165) is 31.1 Å². The van der Waals surface area contributed by atoms with E-state index in [0.29, 0.717) is 22.9 Å². The number of likely N-dealkylation sites (tertiary alicyclic amines) is 1. The van der Waals surface area contributed by atoms with E-state index in [1.807, 2.05) is 18.2 Å². The van der Waals surface area contributed by atoms with Crippen molar-refractivity contribution < 1.29 is 27.5 Å². The van der Waals surface area contributed by atoms with Crippen molar-refractivity contribution in [3.05, 3.63) is 77.9 Å². The van der Waals surface area contributed by atoms with Crippen molar-refractivity contribution in [1.29, 1.82) is 5.26 Å². The van der Waals surface area contributed by atoms with E-state index < -0.39 is 33.0 Å². The molecule has 214 valence electrons. The van der Waals surface area contributed by atoms with Crippen LogP contribution >= 0.6 is 0 Å². The number of hydrogen-bond donors (Lipinski definition) is 1. The molecule has 1 amide bonds. The number of piperidine rings is 1. The van der Waals surface area contributed by atoms with Gasteiger partial charge in [0.05, 0.1) is 23.6 Å². The van der Waals surface area contributed by atoms with Gasteiger partial charge in [-0.2, -0.15) is 5.26 Å². The van der Waals surface area contributed by atoms with Crippen LogP contribution in [0.2, 0.25) is 0 Å². The summed E-state index contributed by atoms with van der Waals surface area (Å²) in [7, 11) is -3.33. The number of carbonyl (C=O) groups is 2. The molecule has 2 N–H and O–H groups in total. The highest BCUT2D eigenvalue weighted by atomic mass is 32.2. The molecule has 9 nitrogen and oxygen atoms in total. The fourth-order valence-electron chi connectivity index (χ4n) is 6.20. The summed E-state index contributed by atoms with van der Waals surface area (Å²) < 4.78 is 39.1. The Bertz CT molecular complexity index is 1620. The summed E-state index contributed by atoms with van der Waals surface area (Å²) >= 11 is 0. The first kappa shape index (κ1) is 28.6.